The summed E-state index contributed by atoms with van der Waals surface area (Å²) >= 11 is 0. The van der Waals surface area contributed by atoms with E-state index in [0.717, 1.165) is 6.92 Å². The fraction of sp³-hybridized carbons (Fsp3) is 0.800. The van der Waals surface area contributed by atoms with Gasteiger partial charge in [-0.3, -0.25) is 9.59 Å². The minimum absolute atomic E-state index is 0.00116. The van der Waals surface area contributed by atoms with Crippen LogP contribution in [0.2, 0.25) is 0 Å². The molecule has 0 atom stereocenters. The number of rotatable bonds is 3. The third kappa shape index (κ3) is 17.1. The van der Waals surface area contributed by atoms with Crippen LogP contribution in [0, 0.1) is 11.8 Å². The number of carbonyl (C=O) groups is 2. The van der Waals surface area contributed by atoms with E-state index in [1.807, 2.05) is 27.7 Å². The van der Waals surface area contributed by atoms with Crippen molar-refractivity contribution in [2.24, 2.45) is 11.8 Å². The van der Waals surface area contributed by atoms with Crippen molar-refractivity contribution >= 4 is 11.9 Å². The van der Waals surface area contributed by atoms with E-state index >= 15 is 0 Å². The van der Waals surface area contributed by atoms with Crippen LogP contribution in [0.3, 0.4) is 0 Å². The number of hydrogen-bond donors (Lipinski definition) is 1. The van der Waals surface area contributed by atoms with Crippen LogP contribution in [0.1, 0.15) is 34.6 Å². The molecule has 1 N–H and O–H groups in total. The van der Waals surface area contributed by atoms with E-state index in [-0.39, 0.29) is 11.9 Å². The van der Waals surface area contributed by atoms with E-state index in [0.29, 0.717) is 12.5 Å². The van der Waals surface area contributed by atoms with Gasteiger partial charge >= 0.3 is 5.97 Å². The number of carbonyl (C=O) groups excluding carboxylic acids is 1. The van der Waals surface area contributed by atoms with Gasteiger partial charge in [-0.2, -0.15) is 0 Å². The Bertz CT molecular complexity index is 169. The van der Waals surface area contributed by atoms with Gasteiger partial charge in [0, 0.05) is 6.92 Å². The van der Waals surface area contributed by atoms with E-state index in [9.17, 15) is 4.79 Å². The number of carboxylic acids is 1. The van der Waals surface area contributed by atoms with Gasteiger partial charge in [0.25, 0.3) is 5.97 Å². The summed E-state index contributed by atoms with van der Waals surface area (Å²) in [5.74, 6) is -0.504. The van der Waals surface area contributed by atoms with Crippen LogP contribution in [-0.2, 0) is 14.3 Å². The molecule has 0 radical (unpaired) electrons. The fourth-order valence-corrected chi connectivity index (χ4v) is 0.415. The van der Waals surface area contributed by atoms with Gasteiger partial charge in [0.2, 0.25) is 0 Å². The number of hydrogen-bond acceptors (Lipinski definition) is 3. The minimum atomic E-state index is -0.833. The summed E-state index contributed by atoms with van der Waals surface area (Å²) in [6.07, 6.45) is 0. The maximum Gasteiger partial charge on any atom is 0.308 e. The molecule has 0 aromatic heterocycles. The first-order valence-corrected chi connectivity index (χ1v) is 4.63. The second kappa shape index (κ2) is 8.53. The molecule has 0 aliphatic rings. The predicted octanol–water partition coefficient (Wildman–Crippen LogP) is 1.93. The molecule has 0 amide bonds. The molecule has 4 heteroatoms. The predicted molar refractivity (Wildman–Crippen MR) is 53.9 cm³/mol. The van der Waals surface area contributed by atoms with Crippen LogP contribution >= 0.6 is 0 Å². The zero-order valence-corrected chi connectivity index (χ0v) is 9.53. The van der Waals surface area contributed by atoms with Crippen molar-refractivity contribution in [1.82, 2.24) is 0 Å². The van der Waals surface area contributed by atoms with Gasteiger partial charge in [-0.1, -0.05) is 27.7 Å². The highest BCUT2D eigenvalue weighted by atomic mass is 16.5. The smallest absolute Gasteiger partial charge is 0.308 e. The highest BCUT2D eigenvalue weighted by Gasteiger charge is 2.07. The van der Waals surface area contributed by atoms with Crippen molar-refractivity contribution < 1.29 is 19.4 Å². The van der Waals surface area contributed by atoms with Crippen LogP contribution < -0.4 is 0 Å². The topological polar surface area (TPSA) is 63.6 Å². The zero-order chi connectivity index (χ0) is 11.7. The van der Waals surface area contributed by atoms with E-state index < -0.39 is 5.97 Å². The van der Waals surface area contributed by atoms with Crippen molar-refractivity contribution in [3.8, 4) is 0 Å². The van der Waals surface area contributed by atoms with Gasteiger partial charge in [0.05, 0.1) is 12.5 Å². The summed E-state index contributed by atoms with van der Waals surface area (Å²) in [4.78, 5) is 19.8. The largest absolute Gasteiger partial charge is 0.481 e. The third-order valence-electron chi connectivity index (χ3n) is 1.03. The summed E-state index contributed by atoms with van der Waals surface area (Å²) in [5.41, 5.74) is 0. The lowest BCUT2D eigenvalue weighted by atomic mass is 10.2. The molecule has 0 unspecified atom stereocenters. The number of ether oxygens (including phenoxy) is 1. The Morgan fingerprint density at radius 1 is 1.21 bits per heavy atom. The van der Waals surface area contributed by atoms with Gasteiger partial charge in [-0.05, 0) is 5.92 Å². The van der Waals surface area contributed by atoms with Gasteiger partial charge in [0.1, 0.15) is 0 Å². The first-order valence-electron chi connectivity index (χ1n) is 4.63. The Morgan fingerprint density at radius 2 is 1.57 bits per heavy atom. The summed E-state index contributed by atoms with van der Waals surface area (Å²) in [6, 6.07) is 0. The average molecular weight is 204 g/mol. The van der Waals surface area contributed by atoms with Gasteiger partial charge in [0.15, 0.2) is 0 Å². The van der Waals surface area contributed by atoms with Gasteiger partial charge in [-0.15, -0.1) is 0 Å². The lowest BCUT2D eigenvalue weighted by molar-refractivity contribution is -0.148. The SMILES string of the molecule is CC(=O)O.CC(C)COC(=O)C(C)C. The van der Waals surface area contributed by atoms with Crippen molar-refractivity contribution in [2.75, 3.05) is 6.61 Å². The summed E-state index contributed by atoms with van der Waals surface area (Å²) in [6.45, 7) is 9.34. The van der Waals surface area contributed by atoms with Crippen LogP contribution in [0.25, 0.3) is 0 Å². The molecule has 0 fully saturated rings. The average Bonchev–Trinajstić information content (AvgIpc) is 1.98. The zero-order valence-electron chi connectivity index (χ0n) is 9.53. The molecule has 0 saturated carbocycles. The maximum absolute atomic E-state index is 10.8. The lowest BCUT2D eigenvalue weighted by Gasteiger charge is -2.08. The molecule has 84 valence electrons. The first-order chi connectivity index (χ1) is 6.27. The first kappa shape index (κ1) is 15.4. The number of esters is 1. The summed E-state index contributed by atoms with van der Waals surface area (Å²) in [7, 11) is 0. The normalized spacial score (nSPS) is 9.36. The van der Waals surface area contributed by atoms with Crippen molar-refractivity contribution in [3.05, 3.63) is 0 Å². The van der Waals surface area contributed by atoms with E-state index in [1.54, 1.807) is 0 Å². The number of carboxylic acid groups (broad SMARTS) is 1. The van der Waals surface area contributed by atoms with E-state index in [2.05, 4.69) is 0 Å². The van der Waals surface area contributed by atoms with Crippen LogP contribution in [-0.4, -0.2) is 23.7 Å². The molecular weight excluding hydrogens is 184 g/mol. The standard InChI is InChI=1S/C8H16O2.C2H4O2/c1-6(2)5-10-8(9)7(3)4;1-2(3)4/h6-7H,5H2,1-4H3;1H3,(H,3,4). The Hall–Kier alpha value is -1.06. The Morgan fingerprint density at radius 3 is 1.79 bits per heavy atom. The summed E-state index contributed by atoms with van der Waals surface area (Å²) < 4.78 is 4.93. The van der Waals surface area contributed by atoms with Crippen LogP contribution in [0.5, 0.6) is 0 Å². The molecule has 0 aliphatic heterocycles. The van der Waals surface area contributed by atoms with Crippen molar-refractivity contribution in [1.29, 1.82) is 0 Å². The highest BCUT2D eigenvalue weighted by molar-refractivity contribution is 5.71. The lowest BCUT2D eigenvalue weighted by Crippen LogP contribution is -2.14. The fourth-order valence-electron chi connectivity index (χ4n) is 0.415. The second-order valence-electron chi connectivity index (χ2n) is 3.70. The molecule has 0 rings (SSSR count). The number of aliphatic carboxylic acids is 1. The van der Waals surface area contributed by atoms with E-state index in [1.165, 1.54) is 0 Å². The molecule has 0 aromatic carbocycles. The molecule has 4 nitrogen and oxygen atoms in total. The molecule has 0 aliphatic carbocycles. The van der Waals surface area contributed by atoms with Gasteiger partial charge < -0.3 is 9.84 Å². The summed E-state index contributed by atoms with van der Waals surface area (Å²) in [5, 5.41) is 7.42. The van der Waals surface area contributed by atoms with Crippen molar-refractivity contribution in [3.63, 3.8) is 0 Å². The Kier molecular flexibility index (Phi) is 9.40. The third-order valence-corrected chi connectivity index (χ3v) is 1.03. The Balaban J connectivity index is 0. The maximum atomic E-state index is 10.8. The molecule has 0 spiro atoms. The quantitative estimate of drug-likeness (QED) is 0.713. The highest BCUT2D eigenvalue weighted by Crippen LogP contribution is 1.99. The minimum Gasteiger partial charge on any atom is -0.481 e. The Labute approximate surface area is 85.3 Å². The molecule has 0 saturated heterocycles. The van der Waals surface area contributed by atoms with E-state index in [4.69, 9.17) is 14.6 Å². The monoisotopic (exact) mass is 204 g/mol. The molecule has 0 bridgehead atoms. The van der Waals surface area contributed by atoms with Crippen LogP contribution in [0.15, 0.2) is 0 Å². The molecular formula is C10H20O4. The molecule has 0 heterocycles. The second-order valence-corrected chi connectivity index (χ2v) is 3.70. The van der Waals surface area contributed by atoms with Crippen molar-refractivity contribution in [2.45, 2.75) is 34.6 Å². The molecule has 14 heavy (non-hydrogen) atoms. The van der Waals surface area contributed by atoms with Crippen LogP contribution in [0.4, 0.5) is 0 Å². The molecule has 0 aromatic rings. The van der Waals surface area contributed by atoms with Gasteiger partial charge in [-0.25, -0.2) is 0 Å².